The van der Waals surface area contributed by atoms with E-state index < -0.39 is 0 Å². The third-order valence-electron chi connectivity index (χ3n) is 11.6. The number of aliphatic hydroxyl groups excluding tert-OH is 1. The lowest BCUT2D eigenvalue weighted by Gasteiger charge is -2.22. The van der Waals surface area contributed by atoms with Crippen LogP contribution in [0.15, 0.2) is 0 Å². The molecule has 0 aromatic rings. The third kappa shape index (κ3) is 48.2. The van der Waals surface area contributed by atoms with Crippen LogP contribution in [0.4, 0.5) is 0 Å². The molecule has 0 aromatic carbocycles. The minimum absolute atomic E-state index is 0.0317. The molecule has 1 N–H and O–H groups in total. The summed E-state index contributed by atoms with van der Waals surface area (Å²) in [5.74, 6) is 0.0317. The monoisotopic (exact) mass is 828 g/mol. The van der Waals surface area contributed by atoms with Gasteiger partial charge in [-0.2, -0.15) is 11.8 Å². The molecule has 5 nitrogen and oxygen atoms in total. The number of rotatable bonds is 46. The van der Waals surface area contributed by atoms with Gasteiger partial charge in [-0.05, 0) is 89.8 Å². The highest BCUT2D eigenvalue weighted by Crippen LogP contribution is 2.20. The normalized spacial score (nSPS) is 12.0. The Hall–Kier alpha value is -0.300. The first-order valence-corrected chi connectivity index (χ1v) is 27.2. The van der Waals surface area contributed by atoms with Crippen molar-refractivity contribution in [1.82, 2.24) is 4.90 Å². The van der Waals surface area contributed by atoms with E-state index in [1.54, 1.807) is 11.8 Å². The van der Waals surface area contributed by atoms with Gasteiger partial charge in [-0.3, -0.25) is 4.79 Å². The molecule has 344 valence electrons. The number of hydrogen-bond acceptors (Lipinski definition) is 6. The number of thioether (sulfide) groups is 1. The van der Waals surface area contributed by atoms with Crippen LogP contribution in [0, 0.1) is 0 Å². The van der Waals surface area contributed by atoms with E-state index in [-0.39, 0.29) is 18.7 Å². The molecule has 0 bridgehead atoms. The summed E-state index contributed by atoms with van der Waals surface area (Å²) in [5, 5.41) is 9.69. The fourth-order valence-electron chi connectivity index (χ4n) is 7.90. The van der Waals surface area contributed by atoms with Crippen LogP contribution in [0.2, 0.25) is 0 Å². The summed E-state index contributed by atoms with van der Waals surface area (Å²) in [6, 6.07) is 0. The Balaban J connectivity index is 0. The molecule has 6 heteroatoms. The Kier molecular flexibility index (Phi) is 53.5. The van der Waals surface area contributed by atoms with Gasteiger partial charge in [0.2, 0.25) is 0 Å². The van der Waals surface area contributed by atoms with Crippen molar-refractivity contribution in [3.63, 3.8) is 0 Å². The molecule has 0 saturated heterocycles. The van der Waals surface area contributed by atoms with Gasteiger partial charge in [0, 0.05) is 19.6 Å². The second-order valence-electron chi connectivity index (χ2n) is 17.4. The van der Waals surface area contributed by atoms with Gasteiger partial charge in [0.05, 0.1) is 12.7 Å². The van der Waals surface area contributed by atoms with Crippen molar-refractivity contribution in [2.45, 2.75) is 277 Å². The molecule has 0 aromatic heterocycles. The summed E-state index contributed by atoms with van der Waals surface area (Å²) in [6.45, 7) is 13.3. The number of aliphatic hydroxyl groups is 1. The zero-order valence-corrected chi connectivity index (χ0v) is 40.7. The van der Waals surface area contributed by atoms with E-state index in [1.165, 1.54) is 205 Å². The van der Waals surface area contributed by atoms with E-state index >= 15 is 0 Å². The second-order valence-corrected chi connectivity index (χ2v) is 18.2. The van der Waals surface area contributed by atoms with Crippen LogP contribution in [0.25, 0.3) is 0 Å². The Morgan fingerprint density at radius 3 is 1.21 bits per heavy atom. The van der Waals surface area contributed by atoms with E-state index in [2.05, 4.69) is 32.6 Å². The highest BCUT2D eigenvalue weighted by Gasteiger charge is 2.15. The largest absolute Gasteiger partial charge is 0.462 e. The summed E-state index contributed by atoms with van der Waals surface area (Å²) in [4.78, 5) is 15.2. The minimum Gasteiger partial charge on any atom is -0.462 e. The fraction of sp³-hybridized carbons (Fsp3) is 0.980. The summed E-state index contributed by atoms with van der Waals surface area (Å²) < 4.78 is 12.5. The average molecular weight is 828 g/mol. The number of hydrogen-bond donors (Lipinski definition) is 1. The lowest BCUT2D eigenvalue weighted by atomic mass is 10.0. The van der Waals surface area contributed by atoms with E-state index in [0.29, 0.717) is 12.5 Å². The smallest absolute Gasteiger partial charge is 0.306 e. The maximum atomic E-state index is 12.8. The highest BCUT2D eigenvalue weighted by molar-refractivity contribution is 7.97. The summed E-state index contributed by atoms with van der Waals surface area (Å²) in [7, 11) is 0. The van der Waals surface area contributed by atoms with Crippen LogP contribution in [0.1, 0.15) is 265 Å². The number of ether oxygens (including phenoxy) is 2. The standard InChI is InChI=1S/C49H99NO4.C2H6S/c1-5-9-13-17-22-29-37-47(53-46-36-27-20-16-12-8-4)38-32-28-35-43-50(44-45-51)42-34-26-21-25-33-41-49(52)54-48(39-30-23-18-14-10-6-2)40-31-24-19-15-11-7-3;1-3-2/h47-48,51H,5-46H2,1-4H3;1-2H3. The summed E-state index contributed by atoms with van der Waals surface area (Å²) in [5.41, 5.74) is 0. The number of carbonyl (C=O) groups is 1. The number of unbranched alkanes of at least 4 members (excludes halogenated alkanes) is 26. The van der Waals surface area contributed by atoms with E-state index in [0.717, 1.165) is 51.9 Å². The Labute approximate surface area is 363 Å². The molecule has 1 atom stereocenters. The van der Waals surface area contributed by atoms with Crippen LogP contribution in [-0.2, 0) is 14.3 Å². The third-order valence-corrected chi connectivity index (χ3v) is 11.6. The van der Waals surface area contributed by atoms with Crippen molar-refractivity contribution in [1.29, 1.82) is 0 Å². The summed E-state index contributed by atoms with van der Waals surface area (Å²) in [6.07, 6.45) is 50.7. The Bertz CT molecular complexity index is 724. The maximum Gasteiger partial charge on any atom is 0.306 e. The predicted octanol–water partition coefficient (Wildman–Crippen LogP) is 16.1. The maximum absolute atomic E-state index is 12.8. The SMILES string of the molecule is CCCCCCCCOC(CCCCCCCC)CCCCCN(CCO)CCCCCCCC(=O)OC(CCCCCCCC)CCCCCCCC.CSC. The van der Waals surface area contributed by atoms with Crippen LogP contribution in [0.5, 0.6) is 0 Å². The lowest BCUT2D eigenvalue weighted by Crippen LogP contribution is -2.29. The van der Waals surface area contributed by atoms with Crippen molar-refractivity contribution < 1.29 is 19.4 Å². The van der Waals surface area contributed by atoms with Crippen LogP contribution in [0.3, 0.4) is 0 Å². The first-order chi connectivity index (χ1) is 28.0. The molecular formula is C51H105NO4S. The molecule has 0 aliphatic heterocycles. The van der Waals surface area contributed by atoms with Crippen LogP contribution < -0.4 is 0 Å². The molecule has 0 rings (SSSR count). The fourth-order valence-corrected chi connectivity index (χ4v) is 7.90. The highest BCUT2D eigenvalue weighted by atomic mass is 32.2. The molecule has 0 amide bonds. The lowest BCUT2D eigenvalue weighted by molar-refractivity contribution is -0.150. The van der Waals surface area contributed by atoms with E-state index in [4.69, 9.17) is 9.47 Å². The number of carbonyl (C=O) groups excluding carboxylic acids is 1. The molecule has 0 aliphatic carbocycles. The first kappa shape index (κ1) is 58.8. The van der Waals surface area contributed by atoms with Gasteiger partial charge in [-0.15, -0.1) is 0 Å². The van der Waals surface area contributed by atoms with E-state index in [9.17, 15) is 9.90 Å². The number of nitrogens with zero attached hydrogens (tertiary/aromatic N) is 1. The van der Waals surface area contributed by atoms with Gasteiger partial charge in [0.1, 0.15) is 6.10 Å². The van der Waals surface area contributed by atoms with Crippen molar-refractivity contribution in [2.75, 3.05) is 45.4 Å². The molecule has 0 heterocycles. The second kappa shape index (κ2) is 51.8. The molecule has 0 saturated carbocycles. The van der Waals surface area contributed by atoms with Crippen molar-refractivity contribution in [3.05, 3.63) is 0 Å². The van der Waals surface area contributed by atoms with E-state index in [1.807, 2.05) is 12.5 Å². The predicted molar refractivity (Wildman–Crippen MR) is 256 cm³/mol. The van der Waals surface area contributed by atoms with Crippen molar-refractivity contribution in [2.24, 2.45) is 0 Å². The minimum atomic E-state index is 0.0317. The van der Waals surface area contributed by atoms with Gasteiger partial charge in [0.25, 0.3) is 0 Å². The van der Waals surface area contributed by atoms with Gasteiger partial charge in [-0.25, -0.2) is 0 Å². The average Bonchev–Trinajstić information content (AvgIpc) is 3.20. The molecule has 0 spiro atoms. The number of esters is 1. The van der Waals surface area contributed by atoms with Crippen molar-refractivity contribution in [3.8, 4) is 0 Å². The molecule has 57 heavy (non-hydrogen) atoms. The molecule has 0 radical (unpaired) electrons. The van der Waals surface area contributed by atoms with Gasteiger partial charge in [0.15, 0.2) is 0 Å². The van der Waals surface area contributed by atoms with Gasteiger partial charge >= 0.3 is 5.97 Å². The quantitative estimate of drug-likeness (QED) is 0.0487. The zero-order valence-electron chi connectivity index (χ0n) is 39.9. The van der Waals surface area contributed by atoms with Gasteiger partial charge < -0.3 is 19.5 Å². The molecule has 1 unspecified atom stereocenters. The summed E-state index contributed by atoms with van der Waals surface area (Å²) >= 11 is 1.75. The Morgan fingerprint density at radius 2 is 0.789 bits per heavy atom. The first-order valence-electron chi connectivity index (χ1n) is 25.6. The zero-order chi connectivity index (χ0) is 42.1. The van der Waals surface area contributed by atoms with Crippen molar-refractivity contribution >= 4 is 17.7 Å². The van der Waals surface area contributed by atoms with Crippen LogP contribution in [-0.4, -0.2) is 73.5 Å². The van der Waals surface area contributed by atoms with Gasteiger partial charge in [-0.1, -0.05) is 195 Å². The van der Waals surface area contributed by atoms with Crippen LogP contribution >= 0.6 is 11.8 Å². The molecule has 0 fully saturated rings. The topological polar surface area (TPSA) is 59.0 Å². The molecular weight excluding hydrogens is 723 g/mol. The molecule has 0 aliphatic rings. The Morgan fingerprint density at radius 1 is 0.456 bits per heavy atom.